The van der Waals surface area contributed by atoms with Crippen LogP contribution in [0.1, 0.15) is 76.7 Å². The molecule has 3 amide bonds. The lowest BCUT2D eigenvalue weighted by molar-refractivity contribution is -0.145. The van der Waals surface area contributed by atoms with Gasteiger partial charge in [0.05, 0.1) is 13.2 Å². The van der Waals surface area contributed by atoms with E-state index in [1.807, 2.05) is 30.3 Å². The van der Waals surface area contributed by atoms with Crippen LogP contribution in [0.25, 0.3) is 0 Å². The van der Waals surface area contributed by atoms with Crippen LogP contribution in [0, 0.1) is 0 Å². The van der Waals surface area contributed by atoms with E-state index in [0.29, 0.717) is 25.7 Å². The van der Waals surface area contributed by atoms with Crippen LogP contribution in [0.2, 0.25) is 0 Å². The van der Waals surface area contributed by atoms with Crippen molar-refractivity contribution in [2.24, 2.45) is 22.2 Å². The van der Waals surface area contributed by atoms with E-state index < -0.39 is 53.8 Å². The fourth-order valence-corrected chi connectivity index (χ4v) is 4.54. The number of nitrogens with zero attached hydrogens (tertiary/aromatic N) is 1. The van der Waals surface area contributed by atoms with Crippen molar-refractivity contribution in [3.8, 4) is 0 Å². The number of carboxylic acids is 1. The molecular formula is C30H49N7O7. The van der Waals surface area contributed by atoms with Gasteiger partial charge in [-0.3, -0.25) is 29.5 Å². The molecule has 10 N–H and O–H groups in total. The van der Waals surface area contributed by atoms with Gasteiger partial charge in [-0.15, -0.1) is 0 Å². The number of aryl methyl sites for hydroxylation is 1. The third-order valence-electron chi connectivity index (χ3n) is 6.99. The van der Waals surface area contributed by atoms with Crippen molar-refractivity contribution < 1.29 is 33.8 Å². The minimum Gasteiger partial charge on any atom is -0.480 e. The third kappa shape index (κ3) is 15.9. The fraction of sp³-hybridized carbons (Fsp3) is 0.600. The number of aliphatic imine (C=N–C) groups is 1. The summed E-state index contributed by atoms with van der Waals surface area (Å²) in [7, 11) is 1.14. The van der Waals surface area contributed by atoms with Gasteiger partial charge in [0.15, 0.2) is 5.96 Å². The molecule has 0 saturated carbocycles. The molecule has 0 bridgehead atoms. The maximum Gasteiger partial charge on any atom is 0.328 e. The molecule has 1 rings (SSSR count). The lowest BCUT2D eigenvalue weighted by Gasteiger charge is -2.26. The molecule has 0 saturated heterocycles. The molecule has 1 aromatic carbocycles. The molecule has 4 atom stereocenters. The van der Waals surface area contributed by atoms with Gasteiger partial charge in [0, 0.05) is 13.0 Å². The number of carbonyl (C=O) groups is 5. The highest BCUT2D eigenvalue weighted by molar-refractivity contribution is 5.92. The number of esters is 1. The number of amides is 3. The smallest absolute Gasteiger partial charge is 0.328 e. The van der Waals surface area contributed by atoms with Gasteiger partial charge < -0.3 is 37.7 Å². The number of rotatable bonds is 23. The summed E-state index contributed by atoms with van der Waals surface area (Å²) in [5, 5.41) is 18.2. The van der Waals surface area contributed by atoms with E-state index in [1.54, 1.807) is 0 Å². The van der Waals surface area contributed by atoms with E-state index in [4.69, 9.17) is 21.9 Å². The van der Waals surface area contributed by atoms with E-state index in [1.165, 1.54) is 0 Å². The van der Waals surface area contributed by atoms with Crippen LogP contribution in [0.15, 0.2) is 35.3 Å². The number of nitrogens with two attached hydrogens (primary N) is 3. The first kappa shape index (κ1) is 37.8. The highest BCUT2D eigenvalue weighted by atomic mass is 16.5. The molecule has 0 aliphatic rings. The van der Waals surface area contributed by atoms with Crippen LogP contribution in [0.4, 0.5) is 0 Å². The van der Waals surface area contributed by atoms with Gasteiger partial charge in [-0.25, -0.2) is 4.79 Å². The quantitative estimate of drug-likeness (QED) is 0.0386. The van der Waals surface area contributed by atoms with Crippen LogP contribution >= 0.6 is 0 Å². The molecule has 0 aliphatic heterocycles. The van der Waals surface area contributed by atoms with Crippen molar-refractivity contribution in [3.05, 3.63) is 35.9 Å². The Morgan fingerprint density at radius 3 is 2.05 bits per heavy atom. The molecule has 1 unspecified atom stereocenters. The number of primary amides is 1. The predicted molar refractivity (Wildman–Crippen MR) is 166 cm³/mol. The van der Waals surface area contributed by atoms with Gasteiger partial charge in [-0.2, -0.15) is 0 Å². The summed E-state index contributed by atoms with van der Waals surface area (Å²) in [6.07, 6.45) is 4.75. The molecule has 0 aromatic heterocycles. The minimum absolute atomic E-state index is 0.0952. The first-order valence-corrected chi connectivity index (χ1v) is 15.0. The molecule has 44 heavy (non-hydrogen) atoms. The highest BCUT2D eigenvalue weighted by Gasteiger charge is 2.31. The Hall–Kier alpha value is -4.20. The summed E-state index contributed by atoms with van der Waals surface area (Å²) in [5.41, 5.74) is 17.0. The van der Waals surface area contributed by atoms with E-state index in [-0.39, 0.29) is 38.2 Å². The van der Waals surface area contributed by atoms with Gasteiger partial charge in [0.1, 0.15) is 18.1 Å². The van der Waals surface area contributed by atoms with E-state index in [0.717, 1.165) is 31.9 Å². The lowest BCUT2D eigenvalue weighted by Crippen LogP contribution is -2.57. The zero-order valence-corrected chi connectivity index (χ0v) is 25.8. The number of aliphatic carboxylic acids is 1. The topological polar surface area (TPSA) is 241 Å². The standard InChI is InChI=1S/C30H49N7O7/c1-3-4-5-9-13-23(28(41)42)35-22(16-15-20-11-7-6-8-12-20)27(40)36-21(14-10-19-34-30(32)33)26(39)37-24(29(43)44-2)17-18-25(31)38/h6-8,11-12,21-24,35H,3-5,9-10,13-19H2,1-2H3,(H2,31,38)(H,36,40)(H,37,39)(H,41,42)(H4,32,33,34)/t21-,22-,23?,24-/m0/s1. The normalized spacial score (nSPS) is 13.5. The maximum atomic E-state index is 13.7. The van der Waals surface area contributed by atoms with Gasteiger partial charge in [-0.05, 0) is 44.1 Å². The summed E-state index contributed by atoms with van der Waals surface area (Å²) in [6, 6.07) is 5.22. The zero-order chi connectivity index (χ0) is 32.9. The number of benzene rings is 1. The number of methoxy groups -OCH3 is 1. The molecule has 0 fully saturated rings. The molecular weight excluding hydrogens is 570 g/mol. The fourth-order valence-electron chi connectivity index (χ4n) is 4.54. The van der Waals surface area contributed by atoms with Crippen LogP contribution in [-0.2, 0) is 35.1 Å². The second-order valence-corrected chi connectivity index (χ2v) is 10.6. The Kier molecular flexibility index (Phi) is 18.5. The van der Waals surface area contributed by atoms with Crippen molar-refractivity contribution in [1.82, 2.24) is 16.0 Å². The van der Waals surface area contributed by atoms with Crippen LogP contribution < -0.4 is 33.2 Å². The molecule has 0 spiro atoms. The van der Waals surface area contributed by atoms with Crippen molar-refractivity contribution in [3.63, 3.8) is 0 Å². The largest absolute Gasteiger partial charge is 0.480 e. The highest BCUT2D eigenvalue weighted by Crippen LogP contribution is 2.12. The number of carboxylic acid groups (broad SMARTS) is 1. The Bertz CT molecular complexity index is 1080. The average Bonchev–Trinajstić information content (AvgIpc) is 2.99. The Balaban J connectivity index is 3.20. The van der Waals surface area contributed by atoms with E-state index >= 15 is 0 Å². The second-order valence-electron chi connectivity index (χ2n) is 10.6. The number of hydrogen-bond donors (Lipinski definition) is 7. The van der Waals surface area contributed by atoms with Crippen LogP contribution in [0.3, 0.4) is 0 Å². The second kappa shape index (κ2) is 21.5. The molecule has 1 aromatic rings. The van der Waals surface area contributed by atoms with Crippen molar-refractivity contribution in [2.45, 2.75) is 102 Å². The molecule has 246 valence electrons. The molecule has 14 nitrogen and oxygen atoms in total. The molecule has 14 heteroatoms. The van der Waals surface area contributed by atoms with Gasteiger partial charge in [-0.1, -0.05) is 62.9 Å². The minimum atomic E-state index is -1.18. The number of carbonyl (C=O) groups excluding carboxylic acids is 4. The number of ether oxygens (including phenoxy) is 1. The summed E-state index contributed by atoms with van der Waals surface area (Å²) < 4.78 is 4.75. The number of nitrogens with one attached hydrogen (secondary N) is 3. The summed E-state index contributed by atoms with van der Waals surface area (Å²) in [4.78, 5) is 66.7. The van der Waals surface area contributed by atoms with Crippen molar-refractivity contribution in [2.75, 3.05) is 13.7 Å². The Morgan fingerprint density at radius 2 is 1.45 bits per heavy atom. The lowest BCUT2D eigenvalue weighted by atomic mass is 10.0. The van der Waals surface area contributed by atoms with E-state index in [9.17, 15) is 29.1 Å². The summed E-state index contributed by atoms with van der Waals surface area (Å²) >= 11 is 0. The number of hydrogen-bond acceptors (Lipinski definition) is 8. The van der Waals surface area contributed by atoms with Crippen molar-refractivity contribution >= 4 is 35.6 Å². The molecule has 0 aliphatic carbocycles. The average molecular weight is 620 g/mol. The summed E-state index contributed by atoms with van der Waals surface area (Å²) in [6.45, 7) is 2.24. The van der Waals surface area contributed by atoms with E-state index in [2.05, 4.69) is 27.9 Å². The first-order valence-electron chi connectivity index (χ1n) is 15.0. The third-order valence-corrected chi connectivity index (χ3v) is 6.99. The Labute approximate surface area is 258 Å². The van der Waals surface area contributed by atoms with Gasteiger partial charge >= 0.3 is 11.9 Å². The molecule has 0 heterocycles. The van der Waals surface area contributed by atoms with Crippen LogP contribution in [0.5, 0.6) is 0 Å². The van der Waals surface area contributed by atoms with Gasteiger partial charge in [0.25, 0.3) is 0 Å². The molecule has 0 radical (unpaired) electrons. The Morgan fingerprint density at radius 1 is 0.818 bits per heavy atom. The predicted octanol–water partition coefficient (Wildman–Crippen LogP) is 0.463. The van der Waals surface area contributed by atoms with Crippen LogP contribution in [-0.4, -0.2) is 78.5 Å². The first-order chi connectivity index (χ1) is 21.0. The number of unbranched alkanes of at least 4 members (excludes halogenated alkanes) is 3. The summed E-state index contributed by atoms with van der Waals surface area (Å²) in [5.74, 6) is -3.91. The maximum absolute atomic E-state index is 13.7. The van der Waals surface area contributed by atoms with Gasteiger partial charge in [0.2, 0.25) is 17.7 Å². The zero-order valence-electron chi connectivity index (χ0n) is 25.8. The SMILES string of the molecule is CCCCCCC(N[C@@H](CCc1ccccc1)C(=O)N[C@@H](CCCN=C(N)N)C(=O)N[C@@H](CCC(N)=O)C(=O)OC)C(=O)O. The number of guanidine groups is 1. The van der Waals surface area contributed by atoms with Crippen molar-refractivity contribution in [1.29, 1.82) is 0 Å². The monoisotopic (exact) mass is 619 g/mol.